The van der Waals surface area contributed by atoms with E-state index >= 15 is 0 Å². The van der Waals surface area contributed by atoms with Gasteiger partial charge in [0.25, 0.3) is 0 Å². The predicted octanol–water partition coefficient (Wildman–Crippen LogP) is 4.21. The molecule has 0 saturated heterocycles. The van der Waals surface area contributed by atoms with Crippen molar-refractivity contribution in [2.75, 3.05) is 0 Å². The maximum absolute atomic E-state index is 13.8. The largest absolute Gasteiger partial charge is 0.416 e. The van der Waals surface area contributed by atoms with E-state index < -0.39 is 17.6 Å². The second kappa shape index (κ2) is 4.40. The molecule has 0 saturated carbocycles. The lowest BCUT2D eigenvalue weighted by atomic mass is 10.1. The van der Waals surface area contributed by atoms with Crippen molar-refractivity contribution in [3.8, 4) is 11.3 Å². The van der Waals surface area contributed by atoms with Gasteiger partial charge in [-0.2, -0.15) is 13.2 Å². The molecule has 94 valence electrons. The average molecular weight is 255 g/mol. The number of alkyl halides is 3. The van der Waals surface area contributed by atoms with Crippen LogP contribution in [0, 0.1) is 12.7 Å². The molecule has 1 nitrogen and oxygen atoms in total. The second-order valence-corrected chi connectivity index (χ2v) is 3.87. The van der Waals surface area contributed by atoms with Gasteiger partial charge >= 0.3 is 6.18 Å². The summed E-state index contributed by atoms with van der Waals surface area (Å²) in [5, 5.41) is 0. The molecule has 2 aromatic rings. The van der Waals surface area contributed by atoms with Crippen LogP contribution in [0.1, 0.15) is 11.1 Å². The van der Waals surface area contributed by atoms with Gasteiger partial charge in [-0.1, -0.05) is 12.1 Å². The molecule has 1 heterocycles. The van der Waals surface area contributed by atoms with E-state index in [9.17, 15) is 17.6 Å². The van der Waals surface area contributed by atoms with E-state index in [1.54, 1.807) is 0 Å². The Hall–Kier alpha value is -1.91. The fourth-order valence-electron chi connectivity index (χ4n) is 1.58. The molecular weight excluding hydrogens is 246 g/mol. The number of aromatic nitrogens is 1. The van der Waals surface area contributed by atoms with Gasteiger partial charge in [-0.3, -0.25) is 4.98 Å². The molecule has 5 heteroatoms. The number of hydrogen-bond donors (Lipinski definition) is 0. The highest BCUT2D eigenvalue weighted by atomic mass is 19.4. The third kappa shape index (κ3) is 2.34. The molecule has 0 bridgehead atoms. The second-order valence-electron chi connectivity index (χ2n) is 3.87. The van der Waals surface area contributed by atoms with E-state index in [2.05, 4.69) is 4.98 Å². The van der Waals surface area contributed by atoms with Crippen molar-refractivity contribution in [3.05, 3.63) is 53.5 Å². The predicted molar refractivity (Wildman–Crippen MR) is 59.4 cm³/mol. The van der Waals surface area contributed by atoms with Gasteiger partial charge in [-0.25, -0.2) is 4.39 Å². The number of benzene rings is 1. The molecule has 2 rings (SSSR count). The first-order chi connectivity index (χ1) is 8.39. The van der Waals surface area contributed by atoms with Gasteiger partial charge in [-0.15, -0.1) is 0 Å². The van der Waals surface area contributed by atoms with Crippen LogP contribution in [-0.2, 0) is 6.18 Å². The number of pyridine rings is 1. The molecule has 0 fully saturated rings. The van der Waals surface area contributed by atoms with Crippen LogP contribution in [0.2, 0.25) is 0 Å². The van der Waals surface area contributed by atoms with Crippen molar-refractivity contribution < 1.29 is 17.6 Å². The Morgan fingerprint density at radius 1 is 1.11 bits per heavy atom. The Morgan fingerprint density at radius 3 is 2.50 bits per heavy atom. The summed E-state index contributed by atoms with van der Waals surface area (Å²) < 4.78 is 51.4. The minimum Gasteiger partial charge on any atom is -0.253 e. The van der Waals surface area contributed by atoms with Crippen molar-refractivity contribution in [1.29, 1.82) is 0 Å². The highest BCUT2D eigenvalue weighted by molar-refractivity contribution is 5.61. The van der Waals surface area contributed by atoms with Gasteiger partial charge in [0.05, 0.1) is 5.56 Å². The van der Waals surface area contributed by atoms with Gasteiger partial charge in [-0.05, 0) is 30.7 Å². The normalized spacial score (nSPS) is 11.6. The first-order valence-corrected chi connectivity index (χ1v) is 5.18. The van der Waals surface area contributed by atoms with Crippen molar-refractivity contribution in [3.63, 3.8) is 0 Å². The quantitative estimate of drug-likeness (QED) is 0.695. The minimum absolute atomic E-state index is 0.0684. The summed E-state index contributed by atoms with van der Waals surface area (Å²) in [5.74, 6) is -0.600. The monoisotopic (exact) mass is 255 g/mol. The number of aryl methyl sites for hydroxylation is 1. The van der Waals surface area contributed by atoms with Gasteiger partial charge in [0.1, 0.15) is 5.69 Å². The summed E-state index contributed by atoms with van der Waals surface area (Å²) in [6, 6.07) is 5.94. The number of rotatable bonds is 1. The number of halogens is 4. The minimum atomic E-state index is -4.45. The zero-order valence-corrected chi connectivity index (χ0v) is 9.42. The molecule has 0 radical (unpaired) electrons. The Balaban J connectivity index is 2.55. The topological polar surface area (TPSA) is 12.9 Å². The maximum atomic E-state index is 13.8. The lowest BCUT2D eigenvalue weighted by Crippen LogP contribution is -2.05. The maximum Gasteiger partial charge on any atom is 0.416 e. The summed E-state index contributed by atoms with van der Waals surface area (Å²) in [5.41, 5.74) is -0.424. The number of hydrogen-bond acceptors (Lipinski definition) is 1. The van der Waals surface area contributed by atoms with Crippen LogP contribution in [-0.4, -0.2) is 4.98 Å². The van der Waals surface area contributed by atoms with E-state index in [-0.39, 0.29) is 11.3 Å². The zero-order valence-electron chi connectivity index (χ0n) is 9.42. The first-order valence-electron chi connectivity index (χ1n) is 5.18. The van der Waals surface area contributed by atoms with Crippen molar-refractivity contribution in [2.24, 2.45) is 0 Å². The van der Waals surface area contributed by atoms with Crippen LogP contribution >= 0.6 is 0 Å². The summed E-state index contributed by atoms with van der Waals surface area (Å²) in [4.78, 5) is 3.79. The Kier molecular flexibility index (Phi) is 3.07. The average Bonchev–Trinajstić information content (AvgIpc) is 2.32. The highest BCUT2D eigenvalue weighted by Crippen LogP contribution is 2.32. The Labute approximate surface area is 101 Å². The molecular formula is C13H9F4N. The van der Waals surface area contributed by atoms with E-state index in [4.69, 9.17) is 0 Å². The molecule has 0 amide bonds. The molecule has 1 aromatic carbocycles. The van der Waals surface area contributed by atoms with E-state index in [0.717, 1.165) is 12.1 Å². The van der Waals surface area contributed by atoms with Crippen LogP contribution in [0.5, 0.6) is 0 Å². The van der Waals surface area contributed by atoms with Crippen LogP contribution in [0.4, 0.5) is 17.6 Å². The van der Waals surface area contributed by atoms with Crippen molar-refractivity contribution >= 4 is 0 Å². The summed E-state index contributed by atoms with van der Waals surface area (Å²) in [7, 11) is 0. The third-order valence-electron chi connectivity index (χ3n) is 2.55. The molecule has 0 unspecified atom stereocenters. The Bertz CT molecular complexity index is 575. The molecule has 0 atom stereocenters. The molecule has 1 aromatic heterocycles. The molecule has 0 aliphatic rings. The SMILES string of the molecule is Cc1ccnc(-c2cccc(C(F)(F)F)c2)c1F. The van der Waals surface area contributed by atoms with Crippen LogP contribution in [0.3, 0.4) is 0 Å². The van der Waals surface area contributed by atoms with E-state index in [1.807, 2.05) is 0 Å². The third-order valence-corrected chi connectivity index (χ3v) is 2.55. The fraction of sp³-hybridized carbons (Fsp3) is 0.154. The van der Waals surface area contributed by atoms with Crippen molar-refractivity contribution in [2.45, 2.75) is 13.1 Å². The first kappa shape index (κ1) is 12.5. The number of nitrogens with zero attached hydrogens (tertiary/aromatic N) is 1. The highest BCUT2D eigenvalue weighted by Gasteiger charge is 2.30. The van der Waals surface area contributed by atoms with Crippen LogP contribution < -0.4 is 0 Å². The molecule has 0 aliphatic heterocycles. The van der Waals surface area contributed by atoms with Gasteiger partial charge < -0.3 is 0 Å². The summed E-state index contributed by atoms with van der Waals surface area (Å²) in [6.07, 6.45) is -3.08. The summed E-state index contributed by atoms with van der Waals surface area (Å²) in [6.45, 7) is 1.54. The summed E-state index contributed by atoms with van der Waals surface area (Å²) >= 11 is 0. The van der Waals surface area contributed by atoms with Gasteiger partial charge in [0, 0.05) is 11.8 Å². The van der Waals surface area contributed by atoms with Gasteiger partial charge in [0.2, 0.25) is 0 Å². The van der Waals surface area contributed by atoms with E-state index in [0.29, 0.717) is 5.56 Å². The lowest BCUT2D eigenvalue weighted by Gasteiger charge is -2.09. The fourth-order valence-corrected chi connectivity index (χ4v) is 1.58. The lowest BCUT2D eigenvalue weighted by molar-refractivity contribution is -0.137. The Morgan fingerprint density at radius 2 is 1.83 bits per heavy atom. The molecule has 18 heavy (non-hydrogen) atoms. The van der Waals surface area contributed by atoms with Crippen LogP contribution in [0.25, 0.3) is 11.3 Å². The van der Waals surface area contributed by atoms with Gasteiger partial charge in [0.15, 0.2) is 5.82 Å². The molecule has 0 N–H and O–H groups in total. The van der Waals surface area contributed by atoms with Crippen molar-refractivity contribution in [1.82, 2.24) is 4.98 Å². The molecule has 0 spiro atoms. The smallest absolute Gasteiger partial charge is 0.253 e. The standard InChI is InChI=1S/C13H9F4N/c1-8-5-6-18-12(11(8)14)9-3-2-4-10(7-9)13(15,16)17/h2-7H,1H3. The van der Waals surface area contributed by atoms with Crippen LogP contribution in [0.15, 0.2) is 36.5 Å². The van der Waals surface area contributed by atoms with E-state index in [1.165, 1.54) is 31.3 Å². The zero-order chi connectivity index (χ0) is 13.3. The molecule has 0 aliphatic carbocycles.